The smallest absolute Gasteiger partial charge is 0.0409 e. The molecule has 1 atom stereocenters. The second kappa shape index (κ2) is 6.29. The van der Waals surface area contributed by atoms with Gasteiger partial charge in [0.15, 0.2) is 0 Å². The Morgan fingerprint density at radius 1 is 1.20 bits per heavy atom. The van der Waals surface area contributed by atoms with Gasteiger partial charge in [0.2, 0.25) is 0 Å². The molecular formula is C17H21ClN2. The Morgan fingerprint density at radius 2 is 1.95 bits per heavy atom. The van der Waals surface area contributed by atoms with Crippen LogP contribution in [0.15, 0.2) is 42.5 Å². The third kappa shape index (κ3) is 3.53. The highest BCUT2D eigenvalue weighted by molar-refractivity contribution is 6.30. The molecule has 0 aliphatic carbocycles. The average molecular weight is 289 g/mol. The first-order chi connectivity index (χ1) is 9.47. The van der Waals surface area contributed by atoms with Crippen LogP contribution in [0.2, 0.25) is 5.02 Å². The molecule has 0 aliphatic heterocycles. The minimum absolute atomic E-state index is 0.286. The van der Waals surface area contributed by atoms with Gasteiger partial charge >= 0.3 is 0 Å². The predicted molar refractivity (Wildman–Crippen MR) is 86.9 cm³/mol. The van der Waals surface area contributed by atoms with Gasteiger partial charge in [-0.3, -0.25) is 4.90 Å². The lowest BCUT2D eigenvalue weighted by molar-refractivity contribution is 0.253. The Morgan fingerprint density at radius 3 is 2.65 bits per heavy atom. The fourth-order valence-electron chi connectivity index (χ4n) is 2.30. The molecular weight excluding hydrogens is 268 g/mol. The molecule has 0 aromatic heterocycles. The largest absolute Gasteiger partial charge is 0.398 e. The Balaban J connectivity index is 2.15. The Hall–Kier alpha value is -1.51. The molecule has 0 heterocycles. The molecule has 0 spiro atoms. The molecule has 2 nitrogen and oxygen atoms in total. The van der Waals surface area contributed by atoms with Gasteiger partial charge in [-0.25, -0.2) is 0 Å². The zero-order valence-electron chi connectivity index (χ0n) is 12.2. The molecule has 106 valence electrons. The number of anilines is 1. The monoisotopic (exact) mass is 288 g/mol. The van der Waals surface area contributed by atoms with Gasteiger partial charge in [-0.1, -0.05) is 41.4 Å². The van der Waals surface area contributed by atoms with Crippen molar-refractivity contribution in [1.29, 1.82) is 0 Å². The third-order valence-corrected chi connectivity index (χ3v) is 3.95. The predicted octanol–water partition coefficient (Wildman–Crippen LogP) is 4.42. The standard InChI is InChI=1S/C17H21ClN2/c1-12-7-8-17(19)15(9-12)11-20(3)13(2)14-5-4-6-16(18)10-14/h4-10,13H,11,19H2,1-3H3. The zero-order valence-corrected chi connectivity index (χ0v) is 13.0. The molecule has 0 saturated heterocycles. The first-order valence-electron chi connectivity index (χ1n) is 6.78. The van der Waals surface area contributed by atoms with Crippen LogP contribution in [-0.2, 0) is 6.54 Å². The second-order valence-corrected chi connectivity index (χ2v) is 5.78. The topological polar surface area (TPSA) is 29.3 Å². The molecule has 20 heavy (non-hydrogen) atoms. The van der Waals surface area contributed by atoms with Crippen LogP contribution < -0.4 is 5.73 Å². The Labute approximate surface area is 126 Å². The van der Waals surface area contributed by atoms with Crippen LogP contribution in [0.1, 0.15) is 29.7 Å². The van der Waals surface area contributed by atoms with E-state index in [-0.39, 0.29) is 6.04 Å². The van der Waals surface area contributed by atoms with Crippen molar-refractivity contribution in [3.8, 4) is 0 Å². The summed E-state index contributed by atoms with van der Waals surface area (Å²) in [5.74, 6) is 0. The first kappa shape index (κ1) is 14.9. The third-order valence-electron chi connectivity index (χ3n) is 3.71. The molecule has 3 heteroatoms. The fraction of sp³-hybridized carbons (Fsp3) is 0.294. The molecule has 0 amide bonds. The minimum Gasteiger partial charge on any atom is -0.398 e. The van der Waals surface area contributed by atoms with Gasteiger partial charge in [0.05, 0.1) is 0 Å². The molecule has 0 radical (unpaired) electrons. The van der Waals surface area contributed by atoms with Gasteiger partial charge in [0, 0.05) is 23.3 Å². The van der Waals surface area contributed by atoms with Crippen LogP contribution in [0.25, 0.3) is 0 Å². The lowest BCUT2D eigenvalue weighted by atomic mass is 10.1. The molecule has 0 saturated carbocycles. The number of rotatable bonds is 4. The highest BCUT2D eigenvalue weighted by atomic mass is 35.5. The summed E-state index contributed by atoms with van der Waals surface area (Å²) < 4.78 is 0. The normalized spacial score (nSPS) is 12.7. The van der Waals surface area contributed by atoms with Crippen LogP contribution in [-0.4, -0.2) is 11.9 Å². The fourth-order valence-corrected chi connectivity index (χ4v) is 2.50. The van der Waals surface area contributed by atoms with Gasteiger partial charge in [0.25, 0.3) is 0 Å². The first-order valence-corrected chi connectivity index (χ1v) is 7.16. The number of aryl methyl sites for hydroxylation is 1. The van der Waals surface area contributed by atoms with Crippen molar-refractivity contribution >= 4 is 17.3 Å². The van der Waals surface area contributed by atoms with Gasteiger partial charge < -0.3 is 5.73 Å². The zero-order chi connectivity index (χ0) is 14.7. The van der Waals surface area contributed by atoms with E-state index in [1.807, 2.05) is 30.3 Å². The molecule has 1 unspecified atom stereocenters. The molecule has 2 aromatic carbocycles. The van der Waals surface area contributed by atoms with Crippen LogP contribution in [0.5, 0.6) is 0 Å². The Kier molecular flexibility index (Phi) is 4.69. The van der Waals surface area contributed by atoms with Crippen LogP contribution in [0, 0.1) is 6.92 Å². The number of hydrogen-bond donors (Lipinski definition) is 1. The van der Waals surface area contributed by atoms with E-state index >= 15 is 0 Å². The van der Waals surface area contributed by atoms with E-state index in [9.17, 15) is 0 Å². The summed E-state index contributed by atoms with van der Waals surface area (Å²) in [5.41, 5.74) is 10.5. The minimum atomic E-state index is 0.286. The van der Waals surface area contributed by atoms with Crippen molar-refractivity contribution < 1.29 is 0 Å². The highest BCUT2D eigenvalue weighted by Gasteiger charge is 2.13. The Bertz CT molecular complexity index is 595. The van der Waals surface area contributed by atoms with Gasteiger partial charge in [0.1, 0.15) is 0 Å². The number of hydrogen-bond acceptors (Lipinski definition) is 2. The van der Waals surface area contributed by atoms with E-state index < -0.39 is 0 Å². The summed E-state index contributed by atoms with van der Waals surface area (Å²) in [6, 6.07) is 14.5. The lowest BCUT2D eigenvalue weighted by Crippen LogP contribution is -2.22. The maximum Gasteiger partial charge on any atom is 0.0409 e. The van der Waals surface area contributed by atoms with Gasteiger partial charge in [-0.05, 0) is 50.2 Å². The van der Waals surface area contributed by atoms with Crippen molar-refractivity contribution in [3.63, 3.8) is 0 Å². The number of benzene rings is 2. The van der Waals surface area contributed by atoms with E-state index in [0.717, 1.165) is 17.3 Å². The second-order valence-electron chi connectivity index (χ2n) is 5.35. The molecule has 0 aliphatic rings. The van der Waals surface area contributed by atoms with E-state index in [4.69, 9.17) is 17.3 Å². The lowest BCUT2D eigenvalue weighted by Gasteiger charge is -2.26. The van der Waals surface area contributed by atoms with Crippen molar-refractivity contribution in [1.82, 2.24) is 4.90 Å². The van der Waals surface area contributed by atoms with Crippen molar-refractivity contribution in [3.05, 3.63) is 64.2 Å². The maximum atomic E-state index is 6.06. The summed E-state index contributed by atoms with van der Waals surface area (Å²) in [4.78, 5) is 2.27. The summed E-state index contributed by atoms with van der Waals surface area (Å²) in [6.07, 6.45) is 0. The molecule has 2 N–H and O–H groups in total. The number of nitrogens with two attached hydrogens (primary N) is 1. The average Bonchev–Trinajstić information content (AvgIpc) is 2.42. The number of nitrogens with zero attached hydrogens (tertiary/aromatic N) is 1. The van der Waals surface area contributed by atoms with Crippen LogP contribution in [0.4, 0.5) is 5.69 Å². The van der Waals surface area contributed by atoms with Crippen LogP contribution in [0.3, 0.4) is 0 Å². The van der Waals surface area contributed by atoms with E-state index in [2.05, 4.69) is 37.9 Å². The maximum absolute atomic E-state index is 6.06. The summed E-state index contributed by atoms with van der Waals surface area (Å²) >= 11 is 6.06. The number of nitrogen functional groups attached to an aromatic ring is 1. The van der Waals surface area contributed by atoms with Crippen molar-refractivity contribution in [2.24, 2.45) is 0 Å². The summed E-state index contributed by atoms with van der Waals surface area (Å²) in [6.45, 7) is 5.09. The van der Waals surface area contributed by atoms with Crippen LogP contribution >= 0.6 is 11.6 Å². The van der Waals surface area contributed by atoms with Crippen molar-refractivity contribution in [2.75, 3.05) is 12.8 Å². The van der Waals surface area contributed by atoms with E-state index in [1.54, 1.807) is 0 Å². The quantitative estimate of drug-likeness (QED) is 0.844. The van der Waals surface area contributed by atoms with Gasteiger partial charge in [-0.2, -0.15) is 0 Å². The molecule has 2 aromatic rings. The molecule has 0 fully saturated rings. The summed E-state index contributed by atoms with van der Waals surface area (Å²) in [5, 5.41) is 0.776. The highest BCUT2D eigenvalue weighted by Crippen LogP contribution is 2.25. The molecule has 0 bridgehead atoms. The SMILES string of the molecule is Cc1ccc(N)c(CN(C)C(C)c2cccc(Cl)c2)c1. The number of halogens is 1. The molecule has 2 rings (SSSR count). The van der Waals surface area contributed by atoms with Gasteiger partial charge in [-0.15, -0.1) is 0 Å². The summed E-state index contributed by atoms with van der Waals surface area (Å²) in [7, 11) is 2.10. The van der Waals surface area contributed by atoms with E-state index in [0.29, 0.717) is 0 Å². The van der Waals surface area contributed by atoms with E-state index in [1.165, 1.54) is 16.7 Å². The van der Waals surface area contributed by atoms with Crippen molar-refractivity contribution in [2.45, 2.75) is 26.4 Å².